The third-order valence-electron chi connectivity index (χ3n) is 1.94. The molecule has 16 heavy (non-hydrogen) atoms. The molecular weight excluding hydrogens is 204 g/mol. The Morgan fingerprint density at radius 3 is 3.00 bits per heavy atom. The number of hydrogen-bond acceptors (Lipinski definition) is 3. The molecule has 0 unspecified atom stereocenters. The van der Waals surface area contributed by atoms with Gasteiger partial charge in [-0.1, -0.05) is 12.0 Å². The molecule has 0 atom stereocenters. The number of nitrogens with one attached hydrogen (secondary N) is 2. The molecule has 4 nitrogen and oxygen atoms in total. The summed E-state index contributed by atoms with van der Waals surface area (Å²) in [6, 6.07) is 5.01. The zero-order chi connectivity index (χ0) is 12.0. The van der Waals surface area contributed by atoms with Crippen molar-refractivity contribution in [3.05, 3.63) is 23.8 Å². The molecule has 1 aromatic carbocycles. The first-order valence-electron chi connectivity index (χ1n) is 4.87. The number of phenols is 1. The average molecular weight is 218 g/mol. The molecule has 0 aromatic heterocycles. The molecule has 4 heteroatoms. The predicted octanol–water partition coefficient (Wildman–Crippen LogP) is 0.862. The van der Waals surface area contributed by atoms with Crippen LogP contribution >= 0.6 is 0 Å². The molecule has 1 rings (SSSR count). The van der Waals surface area contributed by atoms with Crippen molar-refractivity contribution in [3.63, 3.8) is 0 Å². The molecule has 3 N–H and O–H groups in total. The van der Waals surface area contributed by atoms with Gasteiger partial charge in [0.05, 0.1) is 18.8 Å². The summed E-state index contributed by atoms with van der Waals surface area (Å²) in [6.07, 6.45) is 5.03. The number of carbonyl (C=O) groups is 1. The number of aryl methyl sites for hydroxylation is 1. The number of hydrogen-bond donors (Lipinski definition) is 3. The molecule has 0 aliphatic heterocycles. The number of rotatable bonds is 4. The van der Waals surface area contributed by atoms with Crippen LogP contribution in [0.4, 0.5) is 5.69 Å². The summed E-state index contributed by atoms with van der Waals surface area (Å²) in [7, 11) is 0. The summed E-state index contributed by atoms with van der Waals surface area (Å²) < 4.78 is 0. The first-order valence-corrected chi connectivity index (χ1v) is 4.87. The molecule has 0 saturated carbocycles. The molecule has 84 valence electrons. The summed E-state index contributed by atoms with van der Waals surface area (Å²) in [6.45, 7) is 2.34. The molecule has 0 aliphatic rings. The molecule has 0 heterocycles. The lowest BCUT2D eigenvalue weighted by atomic mass is 10.2. The molecule has 0 spiro atoms. The van der Waals surface area contributed by atoms with Gasteiger partial charge in [0.1, 0.15) is 5.75 Å². The maximum absolute atomic E-state index is 11.4. The lowest BCUT2D eigenvalue weighted by molar-refractivity contribution is -0.115. The van der Waals surface area contributed by atoms with Crippen LogP contribution < -0.4 is 10.6 Å². The normalized spacial score (nSPS) is 9.50. The fourth-order valence-corrected chi connectivity index (χ4v) is 1.19. The Balaban J connectivity index is 2.56. The predicted molar refractivity (Wildman–Crippen MR) is 63.2 cm³/mol. The van der Waals surface area contributed by atoms with Gasteiger partial charge in [0.2, 0.25) is 5.91 Å². The van der Waals surface area contributed by atoms with Crippen molar-refractivity contribution in [2.45, 2.75) is 6.92 Å². The third-order valence-corrected chi connectivity index (χ3v) is 1.94. The second kappa shape index (κ2) is 5.79. The van der Waals surface area contributed by atoms with Gasteiger partial charge >= 0.3 is 0 Å². The van der Waals surface area contributed by atoms with E-state index in [2.05, 4.69) is 16.6 Å². The SMILES string of the molecule is C#CCNCC(=O)Nc1cc(C)ccc1O. The quantitative estimate of drug-likeness (QED) is 0.399. The van der Waals surface area contributed by atoms with Gasteiger partial charge in [0, 0.05) is 0 Å². The highest BCUT2D eigenvalue weighted by Crippen LogP contribution is 2.23. The molecule has 1 aromatic rings. The van der Waals surface area contributed by atoms with Gasteiger partial charge in [-0.2, -0.15) is 0 Å². The van der Waals surface area contributed by atoms with Crippen molar-refractivity contribution in [2.24, 2.45) is 0 Å². The molecule has 1 amide bonds. The Labute approximate surface area is 94.7 Å². The summed E-state index contributed by atoms with van der Waals surface area (Å²) in [5.41, 5.74) is 1.37. The Morgan fingerprint density at radius 2 is 2.31 bits per heavy atom. The molecule has 0 radical (unpaired) electrons. The van der Waals surface area contributed by atoms with Crippen LogP contribution in [0, 0.1) is 19.3 Å². The highest BCUT2D eigenvalue weighted by Gasteiger charge is 2.05. The third kappa shape index (κ3) is 3.64. The lowest BCUT2D eigenvalue weighted by Crippen LogP contribution is -2.28. The minimum absolute atomic E-state index is 0.0518. The summed E-state index contributed by atoms with van der Waals surface area (Å²) >= 11 is 0. The monoisotopic (exact) mass is 218 g/mol. The highest BCUT2D eigenvalue weighted by atomic mass is 16.3. The smallest absolute Gasteiger partial charge is 0.238 e. The zero-order valence-electron chi connectivity index (χ0n) is 9.08. The second-order valence-corrected chi connectivity index (χ2v) is 3.38. The van der Waals surface area contributed by atoms with Crippen LogP contribution in [0.5, 0.6) is 5.75 Å². The molecule has 0 bridgehead atoms. The topological polar surface area (TPSA) is 61.4 Å². The fraction of sp³-hybridized carbons (Fsp3) is 0.250. The van der Waals surface area contributed by atoms with E-state index in [9.17, 15) is 9.90 Å². The Hall–Kier alpha value is -1.99. The van der Waals surface area contributed by atoms with Gasteiger partial charge in [-0.15, -0.1) is 6.42 Å². The number of benzene rings is 1. The largest absolute Gasteiger partial charge is 0.506 e. The number of terminal acetylenes is 1. The van der Waals surface area contributed by atoms with Crippen molar-refractivity contribution < 1.29 is 9.90 Å². The number of amides is 1. The molecular formula is C12H14N2O2. The van der Waals surface area contributed by atoms with E-state index in [0.29, 0.717) is 12.2 Å². The van der Waals surface area contributed by atoms with Crippen molar-refractivity contribution in [3.8, 4) is 18.1 Å². The number of carbonyl (C=O) groups excluding carboxylic acids is 1. The van der Waals surface area contributed by atoms with Crippen LogP contribution in [0.15, 0.2) is 18.2 Å². The standard InChI is InChI=1S/C12H14N2O2/c1-3-6-13-8-12(16)14-10-7-9(2)4-5-11(10)15/h1,4-5,7,13,15H,6,8H2,2H3,(H,14,16). The van der Waals surface area contributed by atoms with Gasteiger partial charge in [0.25, 0.3) is 0 Å². The maximum atomic E-state index is 11.4. The van der Waals surface area contributed by atoms with Crippen LogP contribution in [-0.4, -0.2) is 24.1 Å². The van der Waals surface area contributed by atoms with E-state index in [-0.39, 0.29) is 18.2 Å². The minimum atomic E-state index is -0.240. The van der Waals surface area contributed by atoms with Gasteiger partial charge in [-0.05, 0) is 24.6 Å². The Kier molecular flexibility index (Phi) is 4.37. The van der Waals surface area contributed by atoms with Crippen molar-refractivity contribution >= 4 is 11.6 Å². The van der Waals surface area contributed by atoms with Crippen LogP contribution in [-0.2, 0) is 4.79 Å². The first-order chi connectivity index (χ1) is 7.63. The van der Waals surface area contributed by atoms with E-state index in [1.54, 1.807) is 18.2 Å². The van der Waals surface area contributed by atoms with Crippen LogP contribution in [0.25, 0.3) is 0 Å². The molecule has 0 saturated heterocycles. The van der Waals surface area contributed by atoms with E-state index in [4.69, 9.17) is 6.42 Å². The fourth-order valence-electron chi connectivity index (χ4n) is 1.19. The zero-order valence-corrected chi connectivity index (χ0v) is 9.08. The van der Waals surface area contributed by atoms with E-state index in [1.807, 2.05) is 6.92 Å². The summed E-state index contributed by atoms with van der Waals surface area (Å²) in [4.78, 5) is 11.4. The van der Waals surface area contributed by atoms with Gasteiger partial charge in [-0.3, -0.25) is 10.1 Å². The lowest BCUT2D eigenvalue weighted by Gasteiger charge is -2.08. The van der Waals surface area contributed by atoms with Crippen molar-refractivity contribution in [2.75, 3.05) is 18.4 Å². The second-order valence-electron chi connectivity index (χ2n) is 3.38. The van der Waals surface area contributed by atoms with Gasteiger partial charge in [0.15, 0.2) is 0 Å². The van der Waals surface area contributed by atoms with Gasteiger partial charge < -0.3 is 10.4 Å². The minimum Gasteiger partial charge on any atom is -0.506 e. The van der Waals surface area contributed by atoms with E-state index in [1.165, 1.54) is 0 Å². The van der Waals surface area contributed by atoms with E-state index in [0.717, 1.165) is 5.56 Å². The van der Waals surface area contributed by atoms with Crippen LogP contribution in [0.3, 0.4) is 0 Å². The van der Waals surface area contributed by atoms with Crippen LogP contribution in [0.2, 0.25) is 0 Å². The molecule has 0 fully saturated rings. The maximum Gasteiger partial charge on any atom is 0.238 e. The van der Waals surface area contributed by atoms with Crippen LogP contribution in [0.1, 0.15) is 5.56 Å². The van der Waals surface area contributed by atoms with E-state index < -0.39 is 0 Å². The van der Waals surface area contributed by atoms with Crippen molar-refractivity contribution in [1.29, 1.82) is 0 Å². The Morgan fingerprint density at radius 1 is 1.56 bits per heavy atom. The number of anilines is 1. The number of aromatic hydroxyl groups is 1. The van der Waals surface area contributed by atoms with E-state index >= 15 is 0 Å². The summed E-state index contributed by atoms with van der Waals surface area (Å²) in [5.74, 6) is 2.18. The average Bonchev–Trinajstić information content (AvgIpc) is 2.24. The van der Waals surface area contributed by atoms with Gasteiger partial charge in [-0.25, -0.2) is 0 Å². The number of phenolic OH excluding ortho intramolecular Hbond substituents is 1. The van der Waals surface area contributed by atoms with Crippen molar-refractivity contribution in [1.82, 2.24) is 5.32 Å². The highest BCUT2D eigenvalue weighted by molar-refractivity contribution is 5.93. The molecule has 0 aliphatic carbocycles. The summed E-state index contributed by atoms with van der Waals surface area (Å²) in [5, 5.41) is 14.8. The first kappa shape index (κ1) is 12.1. The Bertz CT molecular complexity index is 422.